The Hall–Kier alpha value is -7.98. The number of thiophene rings is 1. The predicted molar refractivity (Wildman–Crippen MR) is 268 cm³/mol. The third-order valence-corrected chi connectivity index (χ3v) is 13.6. The number of anilines is 3. The lowest BCUT2D eigenvalue weighted by molar-refractivity contribution is 0.670. The van der Waals surface area contributed by atoms with Gasteiger partial charge >= 0.3 is 0 Å². The molecule has 0 radical (unpaired) electrons. The maximum Gasteiger partial charge on any atom is 0.143 e. The topological polar surface area (TPSA) is 16.4 Å². The normalized spacial score (nSPS) is 11.5. The van der Waals surface area contributed by atoms with Crippen LogP contribution in [0, 0.1) is 0 Å². The van der Waals surface area contributed by atoms with Crippen LogP contribution in [0.5, 0.6) is 0 Å². The van der Waals surface area contributed by atoms with Crippen molar-refractivity contribution < 1.29 is 4.42 Å². The van der Waals surface area contributed by atoms with E-state index in [1.54, 1.807) is 0 Å². The molecule has 2 heterocycles. The Morgan fingerprint density at radius 2 is 0.778 bits per heavy atom. The lowest BCUT2D eigenvalue weighted by Crippen LogP contribution is -2.11. The van der Waals surface area contributed by atoms with Crippen molar-refractivity contribution in [3.05, 3.63) is 237 Å². The van der Waals surface area contributed by atoms with E-state index in [2.05, 4.69) is 229 Å². The van der Waals surface area contributed by atoms with E-state index in [4.69, 9.17) is 4.42 Å². The minimum absolute atomic E-state index is 0.901. The van der Waals surface area contributed by atoms with E-state index in [0.29, 0.717) is 0 Å². The predicted octanol–water partition coefficient (Wildman–Crippen LogP) is 17.8. The molecule has 0 fully saturated rings. The Morgan fingerprint density at radius 3 is 1.51 bits per heavy atom. The van der Waals surface area contributed by atoms with Gasteiger partial charge in [0.1, 0.15) is 11.2 Å². The van der Waals surface area contributed by atoms with Gasteiger partial charge in [0, 0.05) is 53.4 Å². The first-order valence-electron chi connectivity index (χ1n) is 21.4. The molecule has 0 bridgehead atoms. The molecule has 0 unspecified atom stereocenters. The van der Waals surface area contributed by atoms with Crippen molar-refractivity contribution in [3.8, 4) is 55.6 Å². The van der Waals surface area contributed by atoms with Gasteiger partial charge in [0.15, 0.2) is 0 Å². The van der Waals surface area contributed by atoms with E-state index in [0.717, 1.165) is 55.7 Å². The van der Waals surface area contributed by atoms with Gasteiger partial charge in [0.2, 0.25) is 0 Å². The van der Waals surface area contributed by atoms with Gasteiger partial charge < -0.3 is 9.32 Å². The van der Waals surface area contributed by atoms with Gasteiger partial charge in [-0.2, -0.15) is 0 Å². The Morgan fingerprint density at radius 1 is 0.302 bits per heavy atom. The minimum Gasteiger partial charge on any atom is -0.455 e. The van der Waals surface area contributed by atoms with Crippen LogP contribution in [0.15, 0.2) is 241 Å². The average molecular weight is 822 g/mol. The van der Waals surface area contributed by atoms with Gasteiger partial charge in [-0.05, 0) is 87.0 Å². The molecule has 0 aliphatic carbocycles. The quantitative estimate of drug-likeness (QED) is 0.152. The summed E-state index contributed by atoms with van der Waals surface area (Å²) in [6.45, 7) is 0. The molecule has 0 N–H and O–H groups in total. The van der Waals surface area contributed by atoms with Crippen LogP contribution in [-0.4, -0.2) is 0 Å². The molecule has 0 amide bonds. The summed E-state index contributed by atoms with van der Waals surface area (Å²) in [5.74, 6) is 0. The van der Waals surface area contributed by atoms with Crippen LogP contribution in [0.4, 0.5) is 17.1 Å². The van der Waals surface area contributed by atoms with Gasteiger partial charge in [-0.3, -0.25) is 0 Å². The second kappa shape index (κ2) is 15.5. The molecule has 10 aromatic carbocycles. The summed E-state index contributed by atoms with van der Waals surface area (Å²) < 4.78 is 9.11. The molecule has 0 atom stereocenters. The van der Waals surface area contributed by atoms with Gasteiger partial charge in [-0.25, -0.2) is 0 Å². The maximum absolute atomic E-state index is 6.49. The van der Waals surface area contributed by atoms with Crippen molar-refractivity contribution in [1.82, 2.24) is 0 Å². The van der Waals surface area contributed by atoms with Gasteiger partial charge in [0.05, 0.1) is 5.69 Å². The molecule has 3 heteroatoms. The first kappa shape index (κ1) is 36.8. The molecule has 2 nitrogen and oxygen atoms in total. The second-order valence-electron chi connectivity index (χ2n) is 16.0. The van der Waals surface area contributed by atoms with Crippen molar-refractivity contribution in [2.75, 3.05) is 4.90 Å². The van der Waals surface area contributed by atoms with Gasteiger partial charge in [-0.15, -0.1) is 11.3 Å². The largest absolute Gasteiger partial charge is 0.455 e. The van der Waals surface area contributed by atoms with Crippen LogP contribution >= 0.6 is 11.3 Å². The van der Waals surface area contributed by atoms with Crippen LogP contribution in [0.2, 0.25) is 0 Å². The first-order chi connectivity index (χ1) is 31.3. The Bertz CT molecular complexity index is 3460. The van der Waals surface area contributed by atoms with Crippen LogP contribution in [0.3, 0.4) is 0 Å². The van der Waals surface area contributed by atoms with E-state index in [9.17, 15) is 0 Å². The van der Waals surface area contributed by atoms with Crippen LogP contribution in [0.1, 0.15) is 0 Å². The average Bonchev–Trinajstić information content (AvgIpc) is 3.94. The summed E-state index contributed by atoms with van der Waals surface area (Å²) in [7, 11) is 0. The highest BCUT2D eigenvalue weighted by Crippen LogP contribution is 2.47. The molecular weight excluding hydrogens is 783 g/mol. The SMILES string of the molecule is c1ccc(-c2ccccc2-c2ccccc2-c2ccccc2N(c2ccc(-c3cccc4c3oc3ccccc34)cc2)c2ccc(-c3cccc4c3sc3ccccc34)cc2)cc1. The van der Waals surface area contributed by atoms with Crippen molar-refractivity contribution in [3.63, 3.8) is 0 Å². The van der Waals surface area contributed by atoms with E-state index in [1.165, 1.54) is 59.1 Å². The number of benzene rings is 10. The van der Waals surface area contributed by atoms with Gasteiger partial charge in [0.25, 0.3) is 0 Å². The van der Waals surface area contributed by atoms with Crippen molar-refractivity contribution >= 4 is 70.5 Å². The van der Waals surface area contributed by atoms with E-state index in [-0.39, 0.29) is 0 Å². The van der Waals surface area contributed by atoms with Crippen molar-refractivity contribution in [1.29, 1.82) is 0 Å². The first-order valence-corrected chi connectivity index (χ1v) is 22.2. The molecule has 12 rings (SSSR count). The molecule has 0 saturated heterocycles. The van der Waals surface area contributed by atoms with Gasteiger partial charge in [-0.1, -0.05) is 194 Å². The highest BCUT2D eigenvalue weighted by Gasteiger charge is 2.21. The third-order valence-electron chi connectivity index (χ3n) is 12.3. The number of nitrogens with zero attached hydrogens (tertiary/aromatic N) is 1. The molecule has 0 aliphatic heterocycles. The number of furan rings is 1. The van der Waals surface area contributed by atoms with E-state index in [1.807, 2.05) is 23.5 Å². The zero-order valence-electron chi connectivity index (χ0n) is 34.3. The fraction of sp³-hybridized carbons (Fsp3) is 0. The summed E-state index contributed by atoms with van der Waals surface area (Å²) in [6.07, 6.45) is 0. The van der Waals surface area contributed by atoms with E-state index >= 15 is 0 Å². The molecule has 0 saturated carbocycles. The standard InChI is InChI=1S/C60H39NOS/c1-2-16-40(17-3-1)45-18-4-5-19-48(45)49-20-6-7-21-50(49)51-22-8-11-29-56(51)61(43-36-32-41(33-37-43)46-25-14-27-54-52-23-9-12-30-57(52)62-59(46)54)44-38-34-42(35-39-44)47-26-15-28-55-53-24-10-13-31-58(53)63-60(47)55/h1-39H. The lowest BCUT2D eigenvalue weighted by atomic mass is 9.88. The summed E-state index contributed by atoms with van der Waals surface area (Å²) >= 11 is 1.87. The Labute approximate surface area is 370 Å². The number of rotatable bonds is 8. The van der Waals surface area contributed by atoms with Crippen molar-refractivity contribution in [2.45, 2.75) is 0 Å². The smallest absolute Gasteiger partial charge is 0.143 e. The molecule has 2 aromatic heterocycles. The maximum atomic E-state index is 6.49. The highest BCUT2D eigenvalue weighted by molar-refractivity contribution is 7.26. The zero-order valence-corrected chi connectivity index (χ0v) is 35.1. The number of hydrogen-bond donors (Lipinski definition) is 0. The lowest BCUT2D eigenvalue weighted by Gasteiger charge is -2.29. The number of fused-ring (bicyclic) bond motifs is 6. The van der Waals surface area contributed by atoms with E-state index < -0.39 is 0 Å². The summed E-state index contributed by atoms with van der Waals surface area (Å²) in [5.41, 5.74) is 16.8. The van der Waals surface area contributed by atoms with Crippen LogP contribution in [0.25, 0.3) is 97.7 Å². The van der Waals surface area contributed by atoms with Crippen LogP contribution in [-0.2, 0) is 0 Å². The fourth-order valence-electron chi connectivity index (χ4n) is 9.39. The van der Waals surface area contributed by atoms with Crippen LogP contribution < -0.4 is 4.90 Å². The van der Waals surface area contributed by atoms with Crippen molar-refractivity contribution in [2.24, 2.45) is 0 Å². The number of para-hydroxylation sites is 3. The summed E-state index contributed by atoms with van der Waals surface area (Å²) in [5, 5.41) is 4.87. The number of hydrogen-bond acceptors (Lipinski definition) is 3. The molecular formula is C60H39NOS. The zero-order chi connectivity index (χ0) is 41.7. The fourth-order valence-corrected chi connectivity index (χ4v) is 10.6. The minimum atomic E-state index is 0.901. The third kappa shape index (κ3) is 6.41. The Balaban J connectivity index is 1.01. The second-order valence-corrected chi connectivity index (χ2v) is 17.0. The molecule has 12 aromatic rings. The molecule has 296 valence electrons. The Kier molecular flexibility index (Phi) is 9.06. The molecule has 0 aliphatic rings. The highest BCUT2D eigenvalue weighted by atomic mass is 32.1. The molecule has 63 heavy (non-hydrogen) atoms. The summed E-state index contributed by atoms with van der Waals surface area (Å²) in [4.78, 5) is 2.41. The summed E-state index contributed by atoms with van der Waals surface area (Å²) in [6, 6.07) is 85.3. The monoisotopic (exact) mass is 821 g/mol. The molecule has 0 spiro atoms.